The Morgan fingerprint density at radius 3 is 2.47 bits per heavy atom. The van der Waals surface area contributed by atoms with Crippen molar-refractivity contribution in [1.82, 2.24) is 9.55 Å². The lowest BCUT2D eigenvalue weighted by Crippen LogP contribution is -2.02. The van der Waals surface area contributed by atoms with Crippen LogP contribution in [0.4, 0.5) is 0 Å². The molecule has 0 aliphatic carbocycles. The van der Waals surface area contributed by atoms with Crippen LogP contribution in [0.3, 0.4) is 0 Å². The number of nitrogens with zero attached hydrogens (tertiary/aromatic N) is 2. The number of para-hydroxylation sites is 1. The highest BCUT2D eigenvalue weighted by Crippen LogP contribution is 2.18. The summed E-state index contributed by atoms with van der Waals surface area (Å²) >= 11 is 0. The maximum Gasteiger partial charge on any atom is 0.182 e. The number of hydrogen-bond acceptors (Lipinski definition) is 2. The molecule has 3 heteroatoms. The van der Waals surface area contributed by atoms with Crippen LogP contribution in [0.15, 0.2) is 30.3 Å². The molecule has 0 saturated carbocycles. The molecule has 0 amide bonds. The minimum atomic E-state index is 0.0975. The van der Waals surface area contributed by atoms with Gasteiger partial charge in [0.05, 0.1) is 5.69 Å². The van der Waals surface area contributed by atoms with Crippen molar-refractivity contribution in [2.24, 2.45) is 0 Å². The molecule has 0 saturated heterocycles. The summed E-state index contributed by atoms with van der Waals surface area (Å²) in [6.45, 7) is 5.72. The van der Waals surface area contributed by atoms with Crippen molar-refractivity contribution in [3.8, 4) is 5.69 Å². The molecule has 1 aromatic heterocycles. The van der Waals surface area contributed by atoms with E-state index in [2.05, 4.69) is 4.98 Å². The van der Waals surface area contributed by atoms with Crippen LogP contribution in [0.1, 0.15) is 35.4 Å². The number of carbonyl (C=O) groups is 1. The van der Waals surface area contributed by atoms with Crippen LogP contribution in [-0.4, -0.2) is 15.3 Å². The fourth-order valence-corrected chi connectivity index (χ4v) is 2.03. The summed E-state index contributed by atoms with van der Waals surface area (Å²) < 4.78 is 2.02. The number of imidazole rings is 1. The van der Waals surface area contributed by atoms with Gasteiger partial charge in [-0.2, -0.15) is 0 Å². The Hall–Kier alpha value is -1.90. The van der Waals surface area contributed by atoms with Crippen molar-refractivity contribution >= 4 is 5.78 Å². The molecule has 88 valence electrons. The number of carbonyl (C=O) groups excluding carboxylic acids is 1. The zero-order chi connectivity index (χ0) is 12.4. The van der Waals surface area contributed by atoms with Gasteiger partial charge in [-0.3, -0.25) is 4.79 Å². The lowest BCUT2D eigenvalue weighted by atomic mass is 10.2. The van der Waals surface area contributed by atoms with Crippen molar-refractivity contribution in [3.05, 3.63) is 47.5 Å². The maximum atomic E-state index is 11.8. The molecule has 0 unspecified atom stereocenters. The summed E-state index contributed by atoms with van der Waals surface area (Å²) in [6.07, 6.45) is 0.492. The van der Waals surface area contributed by atoms with Crippen molar-refractivity contribution in [3.63, 3.8) is 0 Å². The number of aromatic nitrogens is 2. The Morgan fingerprint density at radius 2 is 1.88 bits per heavy atom. The van der Waals surface area contributed by atoms with E-state index in [1.54, 1.807) is 0 Å². The van der Waals surface area contributed by atoms with Gasteiger partial charge in [0, 0.05) is 12.1 Å². The SMILES string of the molecule is CCC(=O)c1nc(C)n(-c2ccccc2)c1C. The minimum absolute atomic E-state index is 0.0975. The van der Waals surface area contributed by atoms with Gasteiger partial charge in [0.15, 0.2) is 5.78 Å². The average Bonchev–Trinajstić information content (AvgIpc) is 2.65. The molecular formula is C14H16N2O. The van der Waals surface area contributed by atoms with E-state index in [1.165, 1.54) is 0 Å². The van der Waals surface area contributed by atoms with Gasteiger partial charge in [0.1, 0.15) is 11.5 Å². The number of ketones is 1. The number of aryl methyl sites for hydroxylation is 1. The minimum Gasteiger partial charge on any atom is -0.300 e. The summed E-state index contributed by atoms with van der Waals surface area (Å²) in [5.41, 5.74) is 2.56. The molecule has 0 radical (unpaired) electrons. The molecule has 17 heavy (non-hydrogen) atoms. The van der Waals surface area contributed by atoms with Gasteiger partial charge in [-0.25, -0.2) is 4.98 Å². The van der Waals surface area contributed by atoms with Crippen LogP contribution in [-0.2, 0) is 0 Å². The molecule has 3 nitrogen and oxygen atoms in total. The fraction of sp³-hybridized carbons (Fsp3) is 0.286. The summed E-state index contributed by atoms with van der Waals surface area (Å²) in [5, 5.41) is 0. The third kappa shape index (κ3) is 2.00. The van der Waals surface area contributed by atoms with Crippen molar-refractivity contribution in [2.45, 2.75) is 27.2 Å². The molecular weight excluding hydrogens is 212 g/mol. The van der Waals surface area contributed by atoms with E-state index >= 15 is 0 Å². The summed E-state index contributed by atoms with van der Waals surface area (Å²) in [5.74, 6) is 0.950. The smallest absolute Gasteiger partial charge is 0.182 e. The zero-order valence-electron chi connectivity index (χ0n) is 10.4. The Morgan fingerprint density at radius 1 is 1.24 bits per heavy atom. The van der Waals surface area contributed by atoms with Crippen LogP contribution in [0.25, 0.3) is 5.69 Å². The molecule has 1 aromatic carbocycles. The predicted molar refractivity (Wildman–Crippen MR) is 67.7 cm³/mol. The highest BCUT2D eigenvalue weighted by atomic mass is 16.1. The fourth-order valence-electron chi connectivity index (χ4n) is 2.03. The van der Waals surface area contributed by atoms with Gasteiger partial charge in [-0.1, -0.05) is 25.1 Å². The predicted octanol–water partition coefficient (Wildman–Crippen LogP) is 3.08. The molecule has 0 aliphatic rings. The van der Waals surface area contributed by atoms with Gasteiger partial charge < -0.3 is 4.57 Å². The Kier molecular flexibility index (Phi) is 3.09. The van der Waals surface area contributed by atoms with E-state index in [0.717, 1.165) is 17.2 Å². The third-order valence-corrected chi connectivity index (χ3v) is 2.87. The second kappa shape index (κ2) is 4.53. The molecule has 2 aromatic rings. The van der Waals surface area contributed by atoms with Crippen LogP contribution >= 0.6 is 0 Å². The van der Waals surface area contributed by atoms with E-state index in [-0.39, 0.29) is 5.78 Å². The van der Waals surface area contributed by atoms with E-state index in [9.17, 15) is 4.79 Å². The normalized spacial score (nSPS) is 10.5. The second-order valence-electron chi connectivity index (χ2n) is 4.04. The Labute approximate surface area is 101 Å². The van der Waals surface area contributed by atoms with Crippen molar-refractivity contribution < 1.29 is 4.79 Å². The standard InChI is InChI=1S/C14H16N2O/c1-4-13(17)14-10(2)16(11(3)15-14)12-8-6-5-7-9-12/h5-9H,4H2,1-3H3. The van der Waals surface area contributed by atoms with E-state index in [4.69, 9.17) is 0 Å². The lowest BCUT2D eigenvalue weighted by Gasteiger charge is -2.07. The molecule has 0 N–H and O–H groups in total. The Balaban J connectivity index is 2.57. The topological polar surface area (TPSA) is 34.9 Å². The highest BCUT2D eigenvalue weighted by molar-refractivity contribution is 5.95. The van der Waals surface area contributed by atoms with Gasteiger partial charge in [-0.05, 0) is 26.0 Å². The first-order valence-corrected chi connectivity index (χ1v) is 5.79. The number of rotatable bonds is 3. The molecule has 0 spiro atoms. The first-order chi connectivity index (χ1) is 8.15. The molecule has 0 aliphatic heterocycles. The third-order valence-electron chi connectivity index (χ3n) is 2.87. The van der Waals surface area contributed by atoms with Crippen LogP contribution in [0.5, 0.6) is 0 Å². The largest absolute Gasteiger partial charge is 0.300 e. The second-order valence-corrected chi connectivity index (χ2v) is 4.04. The van der Waals surface area contributed by atoms with E-state index in [0.29, 0.717) is 12.1 Å². The van der Waals surface area contributed by atoms with E-state index in [1.807, 2.05) is 55.7 Å². The molecule has 0 fully saturated rings. The quantitative estimate of drug-likeness (QED) is 0.757. The van der Waals surface area contributed by atoms with Gasteiger partial charge in [0.2, 0.25) is 0 Å². The molecule has 0 atom stereocenters. The summed E-state index contributed by atoms with van der Waals surface area (Å²) in [7, 11) is 0. The first-order valence-electron chi connectivity index (χ1n) is 5.79. The van der Waals surface area contributed by atoms with Gasteiger partial charge in [-0.15, -0.1) is 0 Å². The molecule has 0 bridgehead atoms. The molecule has 2 rings (SSSR count). The van der Waals surface area contributed by atoms with Gasteiger partial charge >= 0.3 is 0 Å². The monoisotopic (exact) mass is 228 g/mol. The number of benzene rings is 1. The maximum absolute atomic E-state index is 11.8. The summed E-state index contributed by atoms with van der Waals surface area (Å²) in [6, 6.07) is 9.97. The average molecular weight is 228 g/mol. The highest BCUT2D eigenvalue weighted by Gasteiger charge is 2.16. The molecule has 1 heterocycles. The van der Waals surface area contributed by atoms with Crippen LogP contribution < -0.4 is 0 Å². The summed E-state index contributed by atoms with van der Waals surface area (Å²) in [4.78, 5) is 16.1. The van der Waals surface area contributed by atoms with Crippen molar-refractivity contribution in [2.75, 3.05) is 0 Å². The Bertz CT molecular complexity index is 541. The first kappa shape index (κ1) is 11.6. The number of Topliss-reactive ketones (excluding diaryl/α,β-unsaturated/α-hetero) is 1. The number of hydrogen-bond donors (Lipinski definition) is 0. The van der Waals surface area contributed by atoms with Crippen LogP contribution in [0.2, 0.25) is 0 Å². The zero-order valence-corrected chi connectivity index (χ0v) is 10.4. The van der Waals surface area contributed by atoms with Crippen LogP contribution in [0, 0.1) is 13.8 Å². The lowest BCUT2D eigenvalue weighted by molar-refractivity contribution is 0.0983. The van der Waals surface area contributed by atoms with Gasteiger partial charge in [0.25, 0.3) is 0 Å². The van der Waals surface area contributed by atoms with E-state index < -0.39 is 0 Å². The van der Waals surface area contributed by atoms with Crippen molar-refractivity contribution in [1.29, 1.82) is 0 Å².